The molecular formula is C15H17N5O3. The molecule has 0 radical (unpaired) electrons. The number of aromatic nitrogens is 2. The first-order chi connectivity index (χ1) is 11.0. The average Bonchev–Trinajstić information content (AvgIpc) is 2.99. The topological polar surface area (TPSA) is 96.3 Å². The summed E-state index contributed by atoms with van der Waals surface area (Å²) >= 11 is 0. The number of fused-ring (bicyclic) bond motifs is 1. The predicted octanol–water partition coefficient (Wildman–Crippen LogP) is 0.130. The van der Waals surface area contributed by atoms with Crippen molar-refractivity contribution in [2.75, 3.05) is 7.05 Å². The first kappa shape index (κ1) is 15.0. The molecule has 1 aliphatic rings. The minimum absolute atomic E-state index is 0.0714. The van der Waals surface area contributed by atoms with E-state index in [0.717, 1.165) is 16.9 Å². The molecule has 0 saturated carbocycles. The molecule has 2 heterocycles. The Balaban J connectivity index is 1.69. The van der Waals surface area contributed by atoms with E-state index in [1.54, 1.807) is 7.05 Å². The van der Waals surface area contributed by atoms with Crippen LogP contribution in [0.1, 0.15) is 12.2 Å². The van der Waals surface area contributed by atoms with Gasteiger partial charge in [0.2, 0.25) is 5.91 Å². The van der Waals surface area contributed by atoms with Gasteiger partial charge in [0.1, 0.15) is 11.9 Å². The summed E-state index contributed by atoms with van der Waals surface area (Å²) in [6, 6.07) is 6.36. The van der Waals surface area contributed by atoms with Crippen LogP contribution in [0.5, 0.6) is 0 Å². The van der Waals surface area contributed by atoms with Crippen LogP contribution in [0.4, 0.5) is 4.79 Å². The van der Waals surface area contributed by atoms with Crippen molar-refractivity contribution in [2.24, 2.45) is 7.05 Å². The molecule has 1 fully saturated rings. The zero-order chi connectivity index (χ0) is 16.6. The van der Waals surface area contributed by atoms with E-state index < -0.39 is 18.0 Å². The third-order valence-corrected chi connectivity index (χ3v) is 3.92. The fourth-order valence-electron chi connectivity index (χ4n) is 2.57. The summed E-state index contributed by atoms with van der Waals surface area (Å²) in [6.07, 6.45) is -0.0714. The van der Waals surface area contributed by atoms with Gasteiger partial charge in [-0.3, -0.25) is 14.9 Å². The number of hydrogen-bond donors (Lipinski definition) is 2. The second kappa shape index (κ2) is 5.71. The zero-order valence-corrected chi connectivity index (χ0v) is 12.9. The van der Waals surface area contributed by atoms with Crippen molar-refractivity contribution >= 4 is 28.9 Å². The molecule has 1 aromatic heterocycles. The highest BCUT2D eigenvalue weighted by Gasteiger charge is 2.32. The minimum Gasteiger partial charge on any atom is -0.338 e. The molecule has 1 aliphatic heterocycles. The van der Waals surface area contributed by atoms with E-state index >= 15 is 0 Å². The summed E-state index contributed by atoms with van der Waals surface area (Å²) in [5.74, 6) is 0.0424. The van der Waals surface area contributed by atoms with Crippen LogP contribution in [0, 0.1) is 0 Å². The summed E-state index contributed by atoms with van der Waals surface area (Å²) < 4.78 is 1.93. The van der Waals surface area contributed by atoms with Crippen molar-refractivity contribution in [2.45, 2.75) is 19.0 Å². The Bertz CT molecular complexity index is 798. The second-order valence-corrected chi connectivity index (χ2v) is 5.54. The van der Waals surface area contributed by atoms with Crippen molar-refractivity contribution < 1.29 is 14.4 Å². The maximum atomic E-state index is 12.2. The molecule has 2 aromatic rings. The lowest BCUT2D eigenvalue weighted by Gasteiger charge is -2.18. The van der Waals surface area contributed by atoms with Gasteiger partial charge < -0.3 is 14.8 Å². The molecule has 1 saturated heterocycles. The molecule has 120 valence electrons. The number of benzene rings is 1. The minimum atomic E-state index is -0.808. The summed E-state index contributed by atoms with van der Waals surface area (Å²) in [6.45, 7) is 0.326. The number of imidazole rings is 1. The molecule has 3 rings (SSSR count). The van der Waals surface area contributed by atoms with E-state index in [9.17, 15) is 14.4 Å². The van der Waals surface area contributed by atoms with E-state index in [1.807, 2.05) is 35.9 Å². The summed E-state index contributed by atoms with van der Waals surface area (Å²) in [5, 5.41) is 4.53. The number of para-hydroxylation sites is 2. The highest BCUT2D eigenvalue weighted by molar-refractivity contribution is 6.05. The molecule has 0 aliphatic carbocycles. The fraction of sp³-hybridized carbons (Fsp3) is 0.333. The molecule has 23 heavy (non-hydrogen) atoms. The third kappa shape index (κ3) is 2.87. The lowest BCUT2D eigenvalue weighted by atomic mass is 10.2. The van der Waals surface area contributed by atoms with Crippen LogP contribution in [0.3, 0.4) is 0 Å². The number of nitrogens with zero attached hydrogens (tertiary/aromatic N) is 3. The van der Waals surface area contributed by atoms with Crippen molar-refractivity contribution in [1.82, 2.24) is 25.1 Å². The quantitative estimate of drug-likeness (QED) is 0.784. The normalized spacial score (nSPS) is 17.2. The monoisotopic (exact) mass is 315 g/mol. The van der Waals surface area contributed by atoms with Gasteiger partial charge in [-0.25, -0.2) is 9.78 Å². The van der Waals surface area contributed by atoms with Crippen molar-refractivity contribution in [3.63, 3.8) is 0 Å². The number of carbonyl (C=O) groups excluding carboxylic acids is 3. The molecule has 0 unspecified atom stereocenters. The van der Waals surface area contributed by atoms with Crippen LogP contribution in [0.2, 0.25) is 0 Å². The van der Waals surface area contributed by atoms with Gasteiger partial charge in [-0.15, -0.1) is 0 Å². The van der Waals surface area contributed by atoms with Gasteiger partial charge in [0, 0.05) is 14.1 Å². The van der Waals surface area contributed by atoms with Crippen molar-refractivity contribution in [3.05, 3.63) is 30.1 Å². The highest BCUT2D eigenvalue weighted by Crippen LogP contribution is 2.15. The van der Waals surface area contributed by atoms with Crippen LogP contribution in [0.15, 0.2) is 24.3 Å². The predicted molar refractivity (Wildman–Crippen MR) is 82.3 cm³/mol. The van der Waals surface area contributed by atoms with Gasteiger partial charge in [-0.2, -0.15) is 0 Å². The molecule has 1 atom stereocenters. The van der Waals surface area contributed by atoms with E-state index in [4.69, 9.17) is 0 Å². The molecule has 1 aromatic carbocycles. The summed E-state index contributed by atoms with van der Waals surface area (Å²) in [7, 11) is 3.55. The SMILES string of the molecule is CN(Cc1nc2ccccc2n1C)C(=O)C[C@@H]1NC(=O)NC1=O. The number of aryl methyl sites for hydroxylation is 1. The molecule has 8 heteroatoms. The van der Waals surface area contributed by atoms with Gasteiger partial charge >= 0.3 is 6.03 Å². The lowest BCUT2D eigenvalue weighted by molar-refractivity contribution is -0.133. The third-order valence-electron chi connectivity index (χ3n) is 3.92. The van der Waals surface area contributed by atoms with Gasteiger partial charge in [0.15, 0.2) is 0 Å². The Morgan fingerprint density at radius 3 is 2.74 bits per heavy atom. The van der Waals surface area contributed by atoms with Crippen LogP contribution in [-0.4, -0.2) is 45.4 Å². The van der Waals surface area contributed by atoms with E-state index in [1.165, 1.54) is 4.90 Å². The number of rotatable bonds is 4. The van der Waals surface area contributed by atoms with E-state index in [2.05, 4.69) is 15.6 Å². The molecule has 4 amide bonds. The van der Waals surface area contributed by atoms with Crippen molar-refractivity contribution in [3.8, 4) is 0 Å². The summed E-state index contributed by atoms with van der Waals surface area (Å²) in [4.78, 5) is 40.8. The Morgan fingerprint density at radius 1 is 1.35 bits per heavy atom. The van der Waals surface area contributed by atoms with Gasteiger partial charge in [-0.05, 0) is 12.1 Å². The number of nitrogens with one attached hydrogen (secondary N) is 2. The number of hydrogen-bond acceptors (Lipinski definition) is 4. The number of imide groups is 1. The Hall–Kier alpha value is -2.90. The highest BCUT2D eigenvalue weighted by atomic mass is 16.2. The number of amides is 4. The molecule has 8 nitrogen and oxygen atoms in total. The van der Waals surface area contributed by atoms with Gasteiger partial charge in [-0.1, -0.05) is 12.1 Å². The molecule has 0 spiro atoms. The fourth-order valence-corrected chi connectivity index (χ4v) is 2.57. The molecule has 2 N–H and O–H groups in total. The first-order valence-corrected chi connectivity index (χ1v) is 7.21. The zero-order valence-electron chi connectivity index (χ0n) is 12.9. The Morgan fingerprint density at radius 2 is 2.09 bits per heavy atom. The maximum absolute atomic E-state index is 12.2. The second-order valence-electron chi connectivity index (χ2n) is 5.54. The number of carbonyl (C=O) groups is 3. The van der Waals surface area contributed by atoms with Crippen LogP contribution in [-0.2, 0) is 23.2 Å². The standard InChI is InChI=1S/C15H17N5O3/c1-19(13(21)7-10-14(22)18-15(23)17-10)8-12-16-9-5-3-4-6-11(9)20(12)2/h3-6,10H,7-8H2,1-2H3,(H2,17,18,22,23)/t10-/m0/s1. The van der Waals surface area contributed by atoms with Gasteiger partial charge in [0.05, 0.1) is 24.0 Å². The molecular weight excluding hydrogens is 298 g/mol. The Labute approximate surface area is 132 Å². The van der Waals surface area contributed by atoms with E-state index in [0.29, 0.717) is 6.54 Å². The largest absolute Gasteiger partial charge is 0.338 e. The number of urea groups is 1. The molecule has 0 bridgehead atoms. The summed E-state index contributed by atoms with van der Waals surface area (Å²) in [5.41, 5.74) is 1.86. The van der Waals surface area contributed by atoms with Gasteiger partial charge in [0.25, 0.3) is 5.91 Å². The first-order valence-electron chi connectivity index (χ1n) is 7.21. The average molecular weight is 315 g/mol. The van der Waals surface area contributed by atoms with Crippen LogP contribution >= 0.6 is 0 Å². The van der Waals surface area contributed by atoms with E-state index in [-0.39, 0.29) is 12.3 Å². The Kier molecular flexibility index (Phi) is 3.73. The van der Waals surface area contributed by atoms with Crippen molar-refractivity contribution in [1.29, 1.82) is 0 Å². The maximum Gasteiger partial charge on any atom is 0.322 e. The van der Waals surface area contributed by atoms with Crippen LogP contribution < -0.4 is 10.6 Å². The van der Waals surface area contributed by atoms with Crippen LogP contribution in [0.25, 0.3) is 11.0 Å². The lowest BCUT2D eigenvalue weighted by Crippen LogP contribution is -2.37. The smallest absolute Gasteiger partial charge is 0.322 e.